The van der Waals surface area contributed by atoms with Crippen LogP contribution in [-0.2, 0) is 17.3 Å². The first-order valence-corrected chi connectivity index (χ1v) is 10.00. The van der Waals surface area contributed by atoms with Gasteiger partial charge in [0.25, 0.3) is 0 Å². The van der Waals surface area contributed by atoms with E-state index in [0.717, 1.165) is 25.6 Å². The number of carbonyl (C=O) groups is 1. The minimum atomic E-state index is -4.37. The molecule has 0 bridgehead atoms. The van der Waals surface area contributed by atoms with Gasteiger partial charge in [-0.15, -0.1) is 0 Å². The third-order valence-corrected chi connectivity index (χ3v) is 4.69. The Morgan fingerprint density at radius 2 is 2.00 bits per heavy atom. The lowest BCUT2D eigenvalue weighted by Crippen LogP contribution is -2.36. The van der Waals surface area contributed by atoms with Crippen LogP contribution >= 0.6 is 0 Å². The molecule has 5 nitrogen and oxygen atoms in total. The highest BCUT2D eigenvalue weighted by atomic mass is 19.4. The zero-order chi connectivity index (χ0) is 21.7. The van der Waals surface area contributed by atoms with Crippen molar-refractivity contribution in [2.75, 3.05) is 32.8 Å². The highest BCUT2D eigenvalue weighted by Gasteiger charge is 2.31. The van der Waals surface area contributed by atoms with Crippen molar-refractivity contribution in [1.29, 1.82) is 0 Å². The molecule has 1 aliphatic rings. The molecule has 164 valence electrons. The number of nitrogens with zero attached hydrogens (tertiary/aromatic N) is 1. The van der Waals surface area contributed by atoms with Crippen LogP contribution < -0.4 is 10.1 Å². The average molecular weight is 416 g/mol. The lowest BCUT2D eigenvalue weighted by Gasteiger charge is -2.21. The summed E-state index contributed by atoms with van der Waals surface area (Å²) in [5.74, 6) is 0.804. The fraction of sp³-hybridized carbons (Fsp3) is 0.667. The van der Waals surface area contributed by atoms with Crippen molar-refractivity contribution in [3.05, 3.63) is 29.3 Å². The quantitative estimate of drug-likeness (QED) is 0.712. The van der Waals surface area contributed by atoms with Crippen molar-refractivity contribution in [1.82, 2.24) is 10.2 Å². The summed E-state index contributed by atoms with van der Waals surface area (Å²) < 4.78 is 49.8. The minimum Gasteiger partial charge on any atom is -0.494 e. The maximum atomic E-state index is 13.0. The number of hydrogen-bond acceptors (Lipinski definition) is 4. The number of amides is 1. The topological polar surface area (TPSA) is 50.8 Å². The SMILES string of the molecule is CCOc1ccc(C(F)(F)F)cc1CCN1CC[C@@H](CNC(=O)OC(C)(C)C)C1. The fourth-order valence-corrected chi connectivity index (χ4v) is 3.35. The number of benzene rings is 1. The summed E-state index contributed by atoms with van der Waals surface area (Å²) in [5.41, 5.74) is -0.622. The number of alkyl carbamates (subject to hydrolysis) is 1. The van der Waals surface area contributed by atoms with E-state index in [1.54, 1.807) is 0 Å². The maximum absolute atomic E-state index is 13.0. The number of likely N-dealkylation sites (tertiary alicyclic amines) is 1. The second-order valence-electron chi connectivity index (χ2n) is 8.34. The third kappa shape index (κ3) is 7.76. The van der Waals surface area contributed by atoms with Gasteiger partial charge in [-0.05, 0) is 76.8 Å². The molecule has 1 aromatic carbocycles. The van der Waals surface area contributed by atoms with Gasteiger partial charge in [0.2, 0.25) is 0 Å². The van der Waals surface area contributed by atoms with E-state index in [2.05, 4.69) is 10.2 Å². The van der Waals surface area contributed by atoms with Crippen molar-refractivity contribution in [2.45, 2.75) is 52.3 Å². The zero-order valence-corrected chi connectivity index (χ0v) is 17.6. The van der Waals surface area contributed by atoms with Crippen LogP contribution in [0.2, 0.25) is 0 Å². The second kappa shape index (κ2) is 9.69. The summed E-state index contributed by atoms with van der Waals surface area (Å²) in [4.78, 5) is 14.0. The van der Waals surface area contributed by atoms with Crippen LogP contribution in [0, 0.1) is 5.92 Å². The summed E-state index contributed by atoms with van der Waals surface area (Å²) in [6.07, 6.45) is -3.39. The molecular formula is C21H31F3N2O3. The molecule has 1 amide bonds. The predicted molar refractivity (Wildman–Crippen MR) is 105 cm³/mol. The highest BCUT2D eigenvalue weighted by Crippen LogP contribution is 2.33. The fourth-order valence-electron chi connectivity index (χ4n) is 3.35. The van der Waals surface area contributed by atoms with Crippen molar-refractivity contribution in [2.24, 2.45) is 5.92 Å². The summed E-state index contributed by atoms with van der Waals surface area (Å²) in [7, 11) is 0. The van der Waals surface area contributed by atoms with Crippen molar-refractivity contribution in [3.63, 3.8) is 0 Å². The lowest BCUT2D eigenvalue weighted by molar-refractivity contribution is -0.137. The van der Waals surface area contributed by atoms with Gasteiger partial charge in [0.1, 0.15) is 11.4 Å². The van der Waals surface area contributed by atoms with E-state index in [-0.39, 0.29) is 0 Å². The van der Waals surface area contributed by atoms with Crippen LogP contribution in [0.15, 0.2) is 18.2 Å². The molecule has 1 aliphatic heterocycles. The van der Waals surface area contributed by atoms with Gasteiger partial charge in [-0.25, -0.2) is 4.79 Å². The molecule has 1 aromatic rings. The van der Waals surface area contributed by atoms with Crippen LogP contribution in [-0.4, -0.2) is 49.4 Å². The van der Waals surface area contributed by atoms with E-state index < -0.39 is 23.4 Å². The number of nitrogens with one attached hydrogen (secondary N) is 1. The summed E-state index contributed by atoms with van der Waals surface area (Å²) >= 11 is 0. The number of hydrogen-bond donors (Lipinski definition) is 1. The Morgan fingerprint density at radius 1 is 1.28 bits per heavy atom. The van der Waals surface area contributed by atoms with Gasteiger partial charge in [0, 0.05) is 19.6 Å². The molecule has 1 atom stereocenters. The Kier molecular flexibility index (Phi) is 7.80. The maximum Gasteiger partial charge on any atom is 0.416 e. The number of alkyl halides is 3. The van der Waals surface area contributed by atoms with E-state index in [4.69, 9.17) is 9.47 Å². The van der Waals surface area contributed by atoms with Crippen molar-refractivity contribution in [3.8, 4) is 5.75 Å². The molecule has 1 N–H and O–H groups in total. The molecule has 0 radical (unpaired) electrons. The molecule has 29 heavy (non-hydrogen) atoms. The number of rotatable bonds is 7. The van der Waals surface area contributed by atoms with E-state index in [0.29, 0.717) is 43.3 Å². The Morgan fingerprint density at radius 3 is 2.62 bits per heavy atom. The first kappa shape index (κ1) is 23.3. The number of halogens is 3. The van der Waals surface area contributed by atoms with Crippen LogP contribution in [0.25, 0.3) is 0 Å². The molecular weight excluding hydrogens is 385 g/mol. The van der Waals surface area contributed by atoms with Crippen LogP contribution in [0.5, 0.6) is 5.75 Å². The summed E-state index contributed by atoms with van der Waals surface area (Å²) in [5, 5.41) is 2.79. The second-order valence-corrected chi connectivity index (χ2v) is 8.34. The van der Waals surface area contributed by atoms with E-state index in [1.165, 1.54) is 12.1 Å². The molecule has 0 aromatic heterocycles. The van der Waals surface area contributed by atoms with E-state index >= 15 is 0 Å². The van der Waals surface area contributed by atoms with Crippen LogP contribution in [0.4, 0.5) is 18.0 Å². The Balaban J connectivity index is 1.87. The van der Waals surface area contributed by atoms with Gasteiger partial charge < -0.3 is 19.7 Å². The first-order chi connectivity index (χ1) is 13.5. The first-order valence-electron chi connectivity index (χ1n) is 10.00. The monoisotopic (exact) mass is 416 g/mol. The molecule has 8 heteroatoms. The summed E-state index contributed by atoms with van der Waals surface area (Å²) in [6, 6.07) is 3.64. The van der Waals surface area contributed by atoms with Gasteiger partial charge in [0.05, 0.1) is 12.2 Å². The van der Waals surface area contributed by atoms with Gasteiger partial charge in [-0.2, -0.15) is 13.2 Å². The number of carbonyl (C=O) groups excluding carboxylic acids is 1. The zero-order valence-electron chi connectivity index (χ0n) is 17.6. The van der Waals surface area contributed by atoms with Crippen molar-refractivity contribution < 1.29 is 27.4 Å². The van der Waals surface area contributed by atoms with Gasteiger partial charge in [-0.3, -0.25) is 0 Å². The minimum absolute atomic E-state index is 0.301. The normalized spacial score (nSPS) is 18.0. The highest BCUT2D eigenvalue weighted by molar-refractivity contribution is 5.67. The van der Waals surface area contributed by atoms with Gasteiger partial charge in [0.15, 0.2) is 0 Å². The summed E-state index contributed by atoms with van der Waals surface area (Å²) in [6.45, 7) is 10.5. The van der Waals surface area contributed by atoms with Crippen LogP contribution in [0.3, 0.4) is 0 Å². The van der Waals surface area contributed by atoms with Crippen LogP contribution in [0.1, 0.15) is 45.2 Å². The predicted octanol–water partition coefficient (Wildman–Crippen LogP) is 4.49. The molecule has 1 saturated heterocycles. The van der Waals surface area contributed by atoms with Gasteiger partial charge in [-0.1, -0.05) is 0 Å². The smallest absolute Gasteiger partial charge is 0.416 e. The van der Waals surface area contributed by atoms with Crippen molar-refractivity contribution >= 4 is 6.09 Å². The lowest BCUT2D eigenvalue weighted by atomic mass is 10.1. The molecule has 1 fully saturated rings. The molecule has 0 unspecified atom stereocenters. The molecule has 0 aliphatic carbocycles. The largest absolute Gasteiger partial charge is 0.494 e. The Labute approximate surface area is 170 Å². The Hall–Kier alpha value is -1.96. The standard InChI is InChI=1S/C21H31F3N2O3/c1-5-28-18-7-6-17(21(22,23)24)12-16(18)9-11-26-10-8-15(14-26)13-25-19(27)29-20(2,3)4/h6-7,12,15H,5,8-11,13-14H2,1-4H3,(H,25,27)/t15-/m0/s1. The van der Waals surface area contributed by atoms with Gasteiger partial charge >= 0.3 is 12.3 Å². The average Bonchev–Trinajstić information content (AvgIpc) is 3.05. The Bertz CT molecular complexity index is 687. The molecule has 0 saturated carbocycles. The third-order valence-electron chi connectivity index (χ3n) is 4.69. The number of ether oxygens (including phenoxy) is 2. The van der Waals surface area contributed by atoms with E-state index in [9.17, 15) is 18.0 Å². The van der Waals surface area contributed by atoms with E-state index in [1.807, 2.05) is 27.7 Å². The molecule has 0 spiro atoms. The molecule has 1 heterocycles. The molecule has 2 rings (SSSR count).